The van der Waals surface area contributed by atoms with E-state index in [1.165, 1.54) is 6.20 Å². The lowest BCUT2D eigenvalue weighted by Crippen LogP contribution is -1.77. The molecule has 0 aromatic carbocycles. The van der Waals surface area contributed by atoms with Gasteiger partial charge in [0, 0.05) is 6.20 Å². The van der Waals surface area contributed by atoms with E-state index in [2.05, 4.69) is 25.8 Å². The predicted octanol–water partition coefficient (Wildman–Crippen LogP) is 2.73. The first-order valence-corrected chi connectivity index (χ1v) is 3.77. The minimum absolute atomic E-state index is 0.764. The van der Waals surface area contributed by atoms with E-state index in [1.54, 1.807) is 12.3 Å². The average Bonchev–Trinajstić information content (AvgIpc) is 2.03. The fourth-order valence-corrected chi connectivity index (χ4v) is 1.02. The summed E-state index contributed by atoms with van der Waals surface area (Å²) < 4.78 is 0.764. The number of halogens is 1. The molecule has 1 aromatic rings. The Morgan fingerprint density at radius 3 is 3.09 bits per heavy atom. The molecule has 0 N–H and O–H groups in total. The molecule has 11 heavy (non-hydrogen) atoms. The van der Waals surface area contributed by atoms with Crippen LogP contribution in [0.25, 0.3) is 10.9 Å². The van der Waals surface area contributed by atoms with Crippen molar-refractivity contribution >= 4 is 22.0 Å². The highest BCUT2D eigenvalue weighted by Crippen LogP contribution is 2.13. The summed E-state index contributed by atoms with van der Waals surface area (Å²) in [5.74, 6) is 0. The molecule has 0 spiro atoms. The Morgan fingerprint density at radius 1 is 1.64 bits per heavy atom. The van der Waals surface area contributed by atoms with Crippen molar-refractivity contribution in [1.82, 2.24) is 4.98 Å². The molecule has 0 radical (unpaired) electrons. The van der Waals surface area contributed by atoms with Crippen LogP contribution in [0.2, 0.25) is 0 Å². The smallest absolute Gasteiger partial charge is 0.154 e. The Hall–Kier alpha value is -1.14. The van der Waals surface area contributed by atoms with Crippen LogP contribution < -0.4 is 0 Å². The van der Waals surface area contributed by atoms with Gasteiger partial charge in [0.05, 0.1) is 6.57 Å². The van der Waals surface area contributed by atoms with Gasteiger partial charge < -0.3 is 0 Å². The third kappa shape index (κ3) is 2.17. The van der Waals surface area contributed by atoms with Crippen LogP contribution in [0.15, 0.2) is 29.1 Å². The lowest BCUT2D eigenvalue weighted by Gasteiger charge is -1.93. The third-order valence-corrected chi connectivity index (χ3v) is 1.78. The van der Waals surface area contributed by atoms with E-state index in [4.69, 9.17) is 6.57 Å². The zero-order valence-electron chi connectivity index (χ0n) is 5.66. The molecule has 0 aliphatic carbocycles. The van der Waals surface area contributed by atoms with Gasteiger partial charge >= 0.3 is 0 Å². The van der Waals surface area contributed by atoms with Crippen LogP contribution >= 0.6 is 15.9 Å². The number of aromatic nitrogens is 1. The van der Waals surface area contributed by atoms with Gasteiger partial charge in [-0.1, -0.05) is 12.1 Å². The van der Waals surface area contributed by atoms with Gasteiger partial charge in [0.1, 0.15) is 4.60 Å². The van der Waals surface area contributed by atoms with Gasteiger partial charge in [-0.05, 0) is 27.6 Å². The SMILES string of the molecule is [C-]#[N+]C=Cc1cccnc1Br. The summed E-state index contributed by atoms with van der Waals surface area (Å²) in [6, 6.07) is 3.72. The number of hydrogen-bond donors (Lipinski definition) is 0. The van der Waals surface area contributed by atoms with Crippen LogP contribution in [-0.4, -0.2) is 4.98 Å². The third-order valence-electron chi connectivity index (χ3n) is 1.12. The molecule has 0 unspecified atom stereocenters. The molecular formula is C8H5BrN2. The second-order valence-electron chi connectivity index (χ2n) is 1.83. The summed E-state index contributed by atoms with van der Waals surface area (Å²) in [5.41, 5.74) is 0.920. The van der Waals surface area contributed by atoms with Gasteiger partial charge in [-0.15, -0.1) is 0 Å². The van der Waals surface area contributed by atoms with Gasteiger partial charge in [0.25, 0.3) is 0 Å². The molecule has 0 amide bonds. The van der Waals surface area contributed by atoms with E-state index in [-0.39, 0.29) is 0 Å². The molecule has 0 saturated carbocycles. The van der Waals surface area contributed by atoms with Gasteiger partial charge in [-0.3, -0.25) is 0 Å². The summed E-state index contributed by atoms with van der Waals surface area (Å²) in [5, 5.41) is 0. The maximum absolute atomic E-state index is 6.52. The molecule has 1 aromatic heterocycles. The van der Waals surface area contributed by atoms with Crippen molar-refractivity contribution in [3.8, 4) is 0 Å². The first kappa shape index (κ1) is 7.96. The van der Waals surface area contributed by atoms with Gasteiger partial charge in [0.2, 0.25) is 0 Å². The van der Waals surface area contributed by atoms with Gasteiger partial charge in [-0.25, -0.2) is 9.83 Å². The molecule has 3 heteroatoms. The number of pyridine rings is 1. The fourth-order valence-electron chi connectivity index (χ4n) is 0.640. The summed E-state index contributed by atoms with van der Waals surface area (Å²) >= 11 is 3.26. The second-order valence-corrected chi connectivity index (χ2v) is 2.58. The topological polar surface area (TPSA) is 17.2 Å². The molecule has 1 heterocycles. The summed E-state index contributed by atoms with van der Waals surface area (Å²) in [4.78, 5) is 7.09. The molecule has 0 aliphatic heterocycles. The monoisotopic (exact) mass is 208 g/mol. The molecule has 0 fully saturated rings. The number of hydrogen-bond acceptors (Lipinski definition) is 1. The van der Waals surface area contributed by atoms with Gasteiger partial charge in [-0.2, -0.15) is 0 Å². The summed E-state index contributed by atoms with van der Waals surface area (Å²) in [7, 11) is 0. The summed E-state index contributed by atoms with van der Waals surface area (Å²) in [6.07, 6.45) is 4.81. The summed E-state index contributed by atoms with van der Waals surface area (Å²) in [6.45, 7) is 6.52. The lowest BCUT2D eigenvalue weighted by atomic mass is 10.3. The fraction of sp³-hybridized carbons (Fsp3) is 0. The second kappa shape index (κ2) is 3.89. The van der Waals surface area contributed by atoms with Crippen molar-refractivity contribution < 1.29 is 0 Å². The predicted molar refractivity (Wildman–Crippen MR) is 47.6 cm³/mol. The van der Waals surface area contributed by atoms with Crippen LogP contribution in [0.4, 0.5) is 0 Å². The average molecular weight is 209 g/mol. The minimum Gasteiger partial charge on any atom is -0.249 e. The lowest BCUT2D eigenvalue weighted by molar-refractivity contribution is 1.26. The molecule has 1 rings (SSSR count). The van der Waals surface area contributed by atoms with E-state index in [9.17, 15) is 0 Å². The van der Waals surface area contributed by atoms with E-state index in [0.717, 1.165) is 10.2 Å². The van der Waals surface area contributed by atoms with E-state index in [1.807, 2.05) is 12.1 Å². The maximum atomic E-state index is 6.52. The zero-order valence-corrected chi connectivity index (χ0v) is 7.25. The molecule has 2 nitrogen and oxygen atoms in total. The molecule has 0 saturated heterocycles. The Labute approximate surface area is 73.5 Å². The van der Waals surface area contributed by atoms with Crippen molar-refractivity contribution in [2.75, 3.05) is 0 Å². The molecular weight excluding hydrogens is 204 g/mol. The highest BCUT2D eigenvalue weighted by atomic mass is 79.9. The van der Waals surface area contributed by atoms with Crippen LogP contribution in [0, 0.1) is 6.57 Å². The first-order valence-electron chi connectivity index (χ1n) is 2.98. The molecule has 54 valence electrons. The Morgan fingerprint density at radius 2 is 2.45 bits per heavy atom. The molecule has 0 atom stereocenters. The van der Waals surface area contributed by atoms with E-state index < -0.39 is 0 Å². The Balaban J connectivity index is 2.97. The van der Waals surface area contributed by atoms with Gasteiger partial charge in [0.15, 0.2) is 6.20 Å². The Bertz CT molecular complexity index is 312. The quantitative estimate of drug-likeness (QED) is 0.513. The highest BCUT2D eigenvalue weighted by molar-refractivity contribution is 9.10. The number of rotatable bonds is 1. The minimum atomic E-state index is 0.764. The highest BCUT2D eigenvalue weighted by Gasteiger charge is 1.91. The van der Waals surface area contributed by atoms with Crippen molar-refractivity contribution in [2.24, 2.45) is 0 Å². The van der Waals surface area contributed by atoms with Crippen molar-refractivity contribution in [3.05, 3.63) is 46.1 Å². The normalized spacial score (nSPS) is 9.82. The van der Waals surface area contributed by atoms with Crippen molar-refractivity contribution in [3.63, 3.8) is 0 Å². The first-order chi connectivity index (χ1) is 5.34. The maximum Gasteiger partial charge on any atom is 0.154 e. The Kier molecular flexibility index (Phi) is 2.82. The van der Waals surface area contributed by atoms with Crippen molar-refractivity contribution in [2.45, 2.75) is 0 Å². The van der Waals surface area contributed by atoms with Crippen LogP contribution in [0.5, 0.6) is 0 Å². The molecule has 0 bridgehead atoms. The number of nitrogens with zero attached hydrogens (tertiary/aromatic N) is 2. The van der Waals surface area contributed by atoms with E-state index in [0.29, 0.717) is 0 Å². The standard InChI is InChI=1S/C8H5BrN2/c1-10-6-4-7-3-2-5-11-8(7)9/h2-6H. The van der Waals surface area contributed by atoms with E-state index >= 15 is 0 Å². The van der Waals surface area contributed by atoms with Crippen molar-refractivity contribution in [1.29, 1.82) is 0 Å². The zero-order chi connectivity index (χ0) is 8.10. The van der Waals surface area contributed by atoms with Crippen LogP contribution in [0.3, 0.4) is 0 Å². The van der Waals surface area contributed by atoms with Crippen LogP contribution in [-0.2, 0) is 0 Å². The molecule has 0 aliphatic rings. The van der Waals surface area contributed by atoms with Crippen LogP contribution in [0.1, 0.15) is 5.56 Å². The largest absolute Gasteiger partial charge is 0.249 e.